The maximum atomic E-state index is 13.2. The summed E-state index contributed by atoms with van der Waals surface area (Å²) < 4.78 is 38.7. The van der Waals surface area contributed by atoms with E-state index in [1.807, 2.05) is 32.0 Å². The SMILES string of the molecule is Cc1ccc(S(=O)(=O)N(C)c2ccccc2C(=O)N[C@H](C)c2ccc3c(c2)OCCO3)cc1. The van der Waals surface area contributed by atoms with Crippen molar-refractivity contribution < 1.29 is 22.7 Å². The maximum Gasteiger partial charge on any atom is 0.264 e. The summed E-state index contributed by atoms with van der Waals surface area (Å²) in [7, 11) is -2.38. The normalized spacial score (nSPS) is 13.8. The summed E-state index contributed by atoms with van der Waals surface area (Å²) in [6.07, 6.45) is 0. The molecule has 8 heteroatoms. The maximum absolute atomic E-state index is 13.2. The number of nitrogens with zero attached hydrogens (tertiary/aromatic N) is 1. The van der Waals surface area contributed by atoms with Crippen LogP contribution in [0.1, 0.15) is 34.5 Å². The molecule has 0 saturated heterocycles. The van der Waals surface area contributed by atoms with Crippen molar-refractivity contribution in [2.45, 2.75) is 24.8 Å². The second kappa shape index (κ2) is 9.15. The Balaban J connectivity index is 1.58. The molecule has 1 N–H and O–H groups in total. The lowest BCUT2D eigenvalue weighted by molar-refractivity contribution is 0.0940. The van der Waals surface area contributed by atoms with E-state index in [1.165, 1.54) is 7.05 Å². The number of ether oxygens (including phenoxy) is 2. The third-order valence-corrected chi connectivity index (χ3v) is 7.37. The summed E-state index contributed by atoms with van der Waals surface area (Å²) in [4.78, 5) is 13.3. The molecule has 33 heavy (non-hydrogen) atoms. The van der Waals surface area contributed by atoms with Gasteiger partial charge in [0, 0.05) is 7.05 Å². The fourth-order valence-corrected chi connectivity index (χ4v) is 4.84. The predicted molar refractivity (Wildman–Crippen MR) is 127 cm³/mol. The minimum Gasteiger partial charge on any atom is -0.486 e. The molecule has 0 fully saturated rings. The van der Waals surface area contributed by atoms with E-state index in [0.717, 1.165) is 15.4 Å². The van der Waals surface area contributed by atoms with E-state index in [2.05, 4.69) is 5.32 Å². The molecular formula is C25H26N2O5S. The Morgan fingerprint density at radius 2 is 1.64 bits per heavy atom. The van der Waals surface area contributed by atoms with Gasteiger partial charge in [-0.1, -0.05) is 35.9 Å². The van der Waals surface area contributed by atoms with Crippen LogP contribution in [0.15, 0.2) is 71.6 Å². The zero-order valence-electron chi connectivity index (χ0n) is 18.7. The first-order valence-corrected chi connectivity index (χ1v) is 12.1. The van der Waals surface area contributed by atoms with Crippen molar-refractivity contribution >= 4 is 21.6 Å². The summed E-state index contributed by atoms with van der Waals surface area (Å²) in [6.45, 7) is 4.74. The van der Waals surface area contributed by atoms with Gasteiger partial charge in [0.1, 0.15) is 13.2 Å². The summed E-state index contributed by atoms with van der Waals surface area (Å²) in [5, 5.41) is 2.96. The molecule has 0 bridgehead atoms. The number of hydrogen-bond acceptors (Lipinski definition) is 5. The average molecular weight is 467 g/mol. The number of amides is 1. The summed E-state index contributed by atoms with van der Waals surface area (Å²) in [5.74, 6) is 0.944. The van der Waals surface area contributed by atoms with Crippen LogP contribution in [0.4, 0.5) is 5.69 Å². The van der Waals surface area contributed by atoms with Crippen LogP contribution in [0.2, 0.25) is 0 Å². The van der Waals surface area contributed by atoms with Crippen LogP contribution in [0.5, 0.6) is 11.5 Å². The third kappa shape index (κ3) is 4.66. The summed E-state index contributed by atoms with van der Waals surface area (Å²) >= 11 is 0. The Hall–Kier alpha value is -3.52. The second-order valence-electron chi connectivity index (χ2n) is 7.90. The van der Waals surface area contributed by atoms with Gasteiger partial charge in [0.2, 0.25) is 0 Å². The van der Waals surface area contributed by atoms with Crippen molar-refractivity contribution in [2.75, 3.05) is 24.6 Å². The molecule has 0 radical (unpaired) electrons. The van der Waals surface area contributed by atoms with Gasteiger partial charge in [-0.3, -0.25) is 9.10 Å². The van der Waals surface area contributed by atoms with Crippen molar-refractivity contribution in [1.82, 2.24) is 5.32 Å². The Morgan fingerprint density at radius 1 is 0.970 bits per heavy atom. The third-order valence-electron chi connectivity index (χ3n) is 5.58. The number of fused-ring (bicyclic) bond motifs is 1. The number of anilines is 1. The zero-order valence-corrected chi connectivity index (χ0v) is 19.6. The van der Waals surface area contributed by atoms with Crippen molar-refractivity contribution in [1.29, 1.82) is 0 Å². The van der Waals surface area contributed by atoms with Gasteiger partial charge in [0.25, 0.3) is 15.9 Å². The van der Waals surface area contributed by atoms with Crippen LogP contribution in [0.3, 0.4) is 0 Å². The quantitative estimate of drug-likeness (QED) is 0.592. The molecule has 3 aromatic carbocycles. The zero-order chi connectivity index (χ0) is 23.6. The Labute approximate surface area is 194 Å². The number of benzene rings is 3. The van der Waals surface area contributed by atoms with E-state index >= 15 is 0 Å². The van der Waals surface area contributed by atoms with Crippen LogP contribution in [-0.4, -0.2) is 34.6 Å². The van der Waals surface area contributed by atoms with Gasteiger partial charge in [0.15, 0.2) is 11.5 Å². The molecular weight excluding hydrogens is 440 g/mol. The van der Waals surface area contributed by atoms with E-state index in [9.17, 15) is 13.2 Å². The molecule has 3 aromatic rings. The average Bonchev–Trinajstić information content (AvgIpc) is 2.83. The summed E-state index contributed by atoms with van der Waals surface area (Å²) in [6, 6.07) is 18.5. The van der Waals surface area contributed by atoms with Gasteiger partial charge < -0.3 is 14.8 Å². The fraction of sp³-hybridized carbons (Fsp3) is 0.240. The summed E-state index contributed by atoms with van der Waals surface area (Å²) in [5.41, 5.74) is 2.38. The molecule has 1 aliphatic heterocycles. The van der Waals surface area contributed by atoms with E-state index in [1.54, 1.807) is 48.5 Å². The molecule has 0 spiro atoms. The van der Waals surface area contributed by atoms with Crippen molar-refractivity contribution in [3.05, 3.63) is 83.4 Å². The molecule has 0 aromatic heterocycles. The predicted octanol–water partition coefficient (Wildman–Crippen LogP) is 4.08. The first kappa shape index (κ1) is 22.7. The topological polar surface area (TPSA) is 84.9 Å². The van der Waals surface area contributed by atoms with E-state index in [0.29, 0.717) is 30.4 Å². The first-order valence-electron chi connectivity index (χ1n) is 10.6. The largest absolute Gasteiger partial charge is 0.486 e. The van der Waals surface area contributed by atoms with Gasteiger partial charge in [-0.2, -0.15) is 0 Å². The Kier molecular flexibility index (Phi) is 6.29. The van der Waals surface area contributed by atoms with Crippen LogP contribution in [0.25, 0.3) is 0 Å². The molecule has 7 nitrogen and oxygen atoms in total. The molecule has 1 aliphatic rings. The standard InChI is InChI=1S/C25H26N2O5S/c1-17-8-11-20(12-9-17)33(29,30)27(3)22-7-5-4-6-21(22)25(28)26-18(2)19-10-13-23-24(16-19)32-15-14-31-23/h4-13,16,18H,14-15H2,1-3H3,(H,26,28)/t18-/m1/s1. The molecule has 172 valence electrons. The van der Waals surface area contributed by atoms with Crippen LogP contribution < -0.4 is 19.1 Å². The van der Waals surface area contributed by atoms with Gasteiger partial charge in [-0.25, -0.2) is 8.42 Å². The second-order valence-corrected chi connectivity index (χ2v) is 9.87. The number of carbonyl (C=O) groups is 1. The molecule has 0 aliphatic carbocycles. The van der Waals surface area contributed by atoms with E-state index in [-0.39, 0.29) is 22.4 Å². The van der Waals surface area contributed by atoms with Crippen LogP contribution in [-0.2, 0) is 10.0 Å². The van der Waals surface area contributed by atoms with Gasteiger partial charge in [-0.05, 0) is 55.8 Å². The van der Waals surface area contributed by atoms with E-state index < -0.39 is 10.0 Å². The van der Waals surface area contributed by atoms with Gasteiger partial charge >= 0.3 is 0 Å². The van der Waals surface area contributed by atoms with Crippen molar-refractivity contribution in [2.24, 2.45) is 0 Å². The smallest absolute Gasteiger partial charge is 0.264 e. The number of rotatable bonds is 6. The lowest BCUT2D eigenvalue weighted by Gasteiger charge is -2.24. The number of para-hydroxylation sites is 1. The Bertz CT molecular complexity index is 1270. The highest BCUT2D eigenvalue weighted by molar-refractivity contribution is 7.92. The first-order chi connectivity index (χ1) is 15.8. The van der Waals surface area contributed by atoms with Crippen LogP contribution >= 0.6 is 0 Å². The molecule has 1 heterocycles. The molecule has 1 atom stereocenters. The number of aryl methyl sites for hydroxylation is 1. The van der Waals surface area contributed by atoms with Crippen LogP contribution in [0, 0.1) is 6.92 Å². The lowest BCUT2D eigenvalue weighted by atomic mass is 10.1. The number of nitrogens with one attached hydrogen (secondary N) is 1. The fourth-order valence-electron chi connectivity index (χ4n) is 3.63. The van der Waals surface area contributed by atoms with Crippen molar-refractivity contribution in [3.8, 4) is 11.5 Å². The van der Waals surface area contributed by atoms with Crippen molar-refractivity contribution in [3.63, 3.8) is 0 Å². The number of hydrogen-bond donors (Lipinski definition) is 1. The molecule has 1 amide bonds. The Morgan fingerprint density at radius 3 is 2.36 bits per heavy atom. The molecule has 4 rings (SSSR count). The highest BCUT2D eigenvalue weighted by Gasteiger charge is 2.26. The number of carbonyl (C=O) groups excluding carboxylic acids is 1. The molecule has 0 unspecified atom stereocenters. The highest BCUT2D eigenvalue weighted by atomic mass is 32.2. The van der Waals surface area contributed by atoms with E-state index in [4.69, 9.17) is 9.47 Å². The minimum atomic E-state index is -3.83. The van der Waals surface area contributed by atoms with Gasteiger partial charge in [-0.15, -0.1) is 0 Å². The monoisotopic (exact) mass is 466 g/mol. The lowest BCUT2D eigenvalue weighted by Crippen LogP contribution is -2.32. The van der Waals surface area contributed by atoms with Gasteiger partial charge in [0.05, 0.1) is 22.2 Å². The molecule has 0 saturated carbocycles. The highest BCUT2D eigenvalue weighted by Crippen LogP contribution is 2.33. The number of sulfonamides is 1. The minimum absolute atomic E-state index is 0.162.